The minimum Gasteiger partial charge on any atom is -0.267 e. The highest BCUT2D eigenvalue weighted by Gasteiger charge is 2.34. The van der Waals surface area contributed by atoms with Crippen LogP contribution in [-0.2, 0) is 14.8 Å². The summed E-state index contributed by atoms with van der Waals surface area (Å²) >= 11 is 17.7. The Morgan fingerprint density at radius 2 is 2.00 bits per heavy atom. The van der Waals surface area contributed by atoms with E-state index in [1.807, 2.05) is 0 Å². The Morgan fingerprint density at radius 3 is 2.57 bits per heavy atom. The van der Waals surface area contributed by atoms with Crippen LogP contribution in [0.15, 0.2) is 23.1 Å². The van der Waals surface area contributed by atoms with Crippen molar-refractivity contribution in [2.24, 2.45) is 0 Å². The summed E-state index contributed by atoms with van der Waals surface area (Å²) in [6, 6.07) is 4.89. The lowest BCUT2D eigenvalue weighted by atomic mass is 10.2. The van der Waals surface area contributed by atoms with E-state index in [1.54, 1.807) is 24.3 Å². The SMILES string of the molecule is CS(=O)(=O)NN1C(=O)/C(=C\c2ccc(Cl)c(Cl)c2)SC1=S. The molecule has 21 heavy (non-hydrogen) atoms. The summed E-state index contributed by atoms with van der Waals surface area (Å²) in [6.07, 6.45) is 2.50. The van der Waals surface area contributed by atoms with Gasteiger partial charge in [-0.1, -0.05) is 53.2 Å². The topological polar surface area (TPSA) is 66.5 Å². The van der Waals surface area contributed by atoms with E-state index in [1.165, 1.54) is 0 Å². The maximum absolute atomic E-state index is 12.1. The number of hydrogen-bond donors (Lipinski definition) is 1. The lowest BCUT2D eigenvalue weighted by Crippen LogP contribution is -2.44. The fourth-order valence-electron chi connectivity index (χ4n) is 1.47. The van der Waals surface area contributed by atoms with Crippen LogP contribution in [0, 0.1) is 0 Å². The highest BCUT2D eigenvalue weighted by atomic mass is 35.5. The average molecular weight is 383 g/mol. The minimum absolute atomic E-state index is 0.108. The zero-order valence-electron chi connectivity index (χ0n) is 10.5. The predicted octanol–water partition coefficient (Wildman–Crippen LogP) is 2.66. The van der Waals surface area contributed by atoms with E-state index in [4.69, 9.17) is 35.4 Å². The number of benzene rings is 1. The van der Waals surface area contributed by atoms with Gasteiger partial charge in [-0.25, -0.2) is 13.4 Å². The number of thiocarbonyl (C=S) groups is 1. The molecule has 0 aromatic heterocycles. The molecule has 112 valence electrons. The second-order valence-corrected chi connectivity index (χ2v) is 8.27. The van der Waals surface area contributed by atoms with Crippen molar-refractivity contribution in [2.75, 3.05) is 6.26 Å². The molecule has 1 aliphatic rings. The molecule has 1 N–H and O–H groups in total. The van der Waals surface area contributed by atoms with Gasteiger partial charge in [-0.3, -0.25) is 4.79 Å². The molecule has 0 spiro atoms. The van der Waals surface area contributed by atoms with Crippen LogP contribution in [0.2, 0.25) is 10.0 Å². The Morgan fingerprint density at radius 1 is 1.33 bits per heavy atom. The summed E-state index contributed by atoms with van der Waals surface area (Å²) in [7, 11) is -3.59. The molecule has 0 bridgehead atoms. The molecule has 0 unspecified atom stereocenters. The van der Waals surface area contributed by atoms with Gasteiger partial charge in [-0.15, -0.1) is 4.83 Å². The van der Waals surface area contributed by atoms with Gasteiger partial charge in [0, 0.05) is 0 Å². The van der Waals surface area contributed by atoms with Crippen LogP contribution in [-0.4, -0.2) is 29.9 Å². The first-order valence-electron chi connectivity index (χ1n) is 5.38. The Balaban J connectivity index is 2.29. The number of rotatable bonds is 3. The molecule has 0 aliphatic carbocycles. The third-order valence-corrected chi connectivity index (χ3v) is 4.85. The number of hydrogen-bond acceptors (Lipinski definition) is 5. The molecule has 0 saturated carbocycles. The van der Waals surface area contributed by atoms with Crippen LogP contribution in [0.1, 0.15) is 5.56 Å². The van der Waals surface area contributed by atoms with Gasteiger partial charge in [-0.05, 0) is 23.8 Å². The lowest BCUT2D eigenvalue weighted by molar-refractivity contribution is -0.123. The molecule has 10 heteroatoms. The molecule has 0 radical (unpaired) electrons. The fourth-order valence-corrected chi connectivity index (χ4v) is 3.57. The molecule has 0 atom stereocenters. The first kappa shape index (κ1) is 16.7. The van der Waals surface area contributed by atoms with E-state index >= 15 is 0 Å². The largest absolute Gasteiger partial charge is 0.281 e. The second-order valence-electron chi connectivity index (χ2n) is 4.05. The third-order valence-electron chi connectivity index (χ3n) is 2.29. The standard InChI is InChI=1S/C11H8Cl2N2O3S3/c1-21(17,18)14-15-10(16)9(20-11(15)19)5-6-2-3-7(12)8(13)4-6/h2-5,14H,1H3/b9-5+. The van der Waals surface area contributed by atoms with Crippen molar-refractivity contribution in [2.45, 2.75) is 0 Å². The third kappa shape index (κ3) is 4.18. The van der Waals surface area contributed by atoms with Crippen molar-refractivity contribution in [3.05, 3.63) is 38.7 Å². The summed E-state index contributed by atoms with van der Waals surface area (Å²) in [5.74, 6) is -0.540. The van der Waals surface area contributed by atoms with Gasteiger partial charge in [0.2, 0.25) is 10.0 Å². The van der Waals surface area contributed by atoms with Gasteiger partial charge in [0.25, 0.3) is 5.91 Å². The summed E-state index contributed by atoms with van der Waals surface area (Å²) in [6.45, 7) is 0. The van der Waals surface area contributed by atoms with Gasteiger partial charge in [0.05, 0.1) is 21.2 Å². The molecule has 1 aromatic carbocycles. The molecule has 2 rings (SSSR count). The second kappa shape index (κ2) is 6.23. The molecule has 1 heterocycles. The van der Waals surface area contributed by atoms with Crippen LogP contribution in [0.5, 0.6) is 0 Å². The zero-order chi connectivity index (χ0) is 15.8. The lowest BCUT2D eigenvalue weighted by Gasteiger charge is -2.13. The first-order chi connectivity index (χ1) is 9.67. The number of carbonyl (C=O) groups excluding carboxylic acids is 1. The van der Waals surface area contributed by atoms with Crippen LogP contribution in [0.3, 0.4) is 0 Å². The average Bonchev–Trinajstić information content (AvgIpc) is 2.60. The van der Waals surface area contributed by atoms with E-state index in [0.29, 0.717) is 15.6 Å². The summed E-state index contributed by atoms with van der Waals surface area (Å²) < 4.78 is 22.5. The van der Waals surface area contributed by atoms with E-state index < -0.39 is 15.9 Å². The Labute approximate surface area is 141 Å². The number of nitrogens with zero attached hydrogens (tertiary/aromatic N) is 1. The maximum atomic E-state index is 12.1. The van der Waals surface area contributed by atoms with Crippen molar-refractivity contribution >= 4 is 73.5 Å². The zero-order valence-corrected chi connectivity index (χ0v) is 14.4. The molecule has 1 aliphatic heterocycles. The number of nitrogens with one attached hydrogen (secondary N) is 1. The molecule has 1 saturated heterocycles. The van der Waals surface area contributed by atoms with Crippen molar-refractivity contribution in [1.82, 2.24) is 9.84 Å². The monoisotopic (exact) mass is 382 g/mol. The summed E-state index contributed by atoms with van der Waals surface area (Å²) in [4.78, 5) is 14.5. The Bertz CT molecular complexity index is 762. The van der Waals surface area contributed by atoms with E-state index in [9.17, 15) is 13.2 Å². The van der Waals surface area contributed by atoms with Gasteiger partial charge in [-0.2, -0.15) is 0 Å². The van der Waals surface area contributed by atoms with Crippen LogP contribution in [0.4, 0.5) is 0 Å². The highest BCUT2D eigenvalue weighted by Crippen LogP contribution is 2.32. The van der Waals surface area contributed by atoms with Crippen LogP contribution < -0.4 is 4.83 Å². The van der Waals surface area contributed by atoms with Crippen LogP contribution >= 0.6 is 47.2 Å². The molecule has 5 nitrogen and oxygen atoms in total. The van der Waals surface area contributed by atoms with Gasteiger partial charge in [0.15, 0.2) is 4.32 Å². The molecular weight excluding hydrogens is 375 g/mol. The first-order valence-corrected chi connectivity index (χ1v) is 9.25. The van der Waals surface area contributed by atoms with E-state index in [-0.39, 0.29) is 9.23 Å². The smallest absolute Gasteiger partial charge is 0.267 e. The number of hydrazine groups is 1. The Hall–Kier alpha value is -0.640. The summed E-state index contributed by atoms with van der Waals surface area (Å²) in [5, 5.41) is 1.58. The number of sulfonamides is 1. The Kier molecular flexibility index (Phi) is 4.96. The number of amides is 1. The normalized spacial score (nSPS) is 17.9. The van der Waals surface area contributed by atoms with Crippen molar-refractivity contribution in [3.8, 4) is 0 Å². The maximum Gasteiger partial charge on any atom is 0.281 e. The van der Waals surface area contributed by atoms with Gasteiger partial charge >= 0.3 is 0 Å². The van der Waals surface area contributed by atoms with Gasteiger partial charge in [0.1, 0.15) is 0 Å². The van der Waals surface area contributed by atoms with Crippen LogP contribution in [0.25, 0.3) is 6.08 Å². The minimum atomic E-state index is -3.59. The highest BCUT2D eigenvalue weighted by molar-refractivity contribution is 8.26. The van der Waals surface area contributed by atoms with E-state index in [2.05, 4.69) is 4.83 Å². The molecule has 1 amide bonds. The molecular formula is C11H8Cl2N2O3S3. The predicted molar refractivity (Wildman–Crippen MR) is 89.5 cm³/mol. The quantitative estimate of drug-likeness (QED) is 0.642. The van der Waals surface area contributed by atoms with Crippen molar-refractivity contribution in [1.29, 1.82) is 0 Å². The summed E-state index contributed by atoms with van der Waals surface area (Å²) in [5.41, 5.74) is 0.657. The fraction of sp³-hybridized carbons (Fsp3) is 0.0909. The van der Waals surface area contributed by atoms with E-state index in [0.717, 1.165) is 23.0 Å². The van der Waals surface area contributed by atoms with Crippen molar-refractivity contribution in [3.63, 3.8) is 0 Å². The van der Waals surface area contributed by atoms with Gasteiger partial charge < -0.3 is 0 Å². The number of thioether (sulfide) groups is 1. The van der Waals surface area contributed by atoms with Crippen molar-refractivity contribution < 1.29 is 13.2 Å². The molecule has 1 aromatic rings. The number of carbonyl (C=O) groups is 1. The molecule has 1 fully saturated rings. The number of halogens is 2.